The summed E-state index contributed by atoms with van der Waals surface area (Å²) in [7, 11) is 0. The summed E-state index contributed by atoms with van der Waals surface area (Å²) in [5.74, 6) is 1.95. The summed E-state index contributed by atoms with van der Waals surface area (Å²) >= 11 is 0. The standard InChI is InChI=1S/C24H27N5O2/c30-21-8-6-18(7-9-21)12-15-25-24(31)19-13-16-29(17-14-19)23-11-10-22(27-28-23)26-20-4-2-1-3-5-20/h1-11,19,30H,12-17H2,(H,25,31)(H,26,27). The Morgan fingerprint density at radius 3 is 2.39 bits per heavy atom. The van der Waals surface area contributed by atoms with Gasteiger partial charge in [-0.15, -0.1) is 10.2 Å². The lowest BCUT2D eigenvalue weighted by Gasteiger charge is -2.31. The molecule has 0 radical (unpaired) electrons. The number of aromatic hydroxyl groups is 1. The zero-order valence-corrected chi connectivity index (χ0v) is 17.4. The number of anilines is 3. The van der Waals surface area contributed by atoms with Gasteiger partial charge in [0.25, 0.3) is 0 Å². The highest BCUT2D eigenvalue weighted by atomic mass is 16.3. The summed E-state index contributed by atoms with van der Waals surface area (Å²) in [6.07, 6.45) is 2.36. The van der Waals surface area contributed by atoms with Crippen LogP contribution in [0.2, 0.25) is 0 Å². The number of rotatable bonds is 7. The van der Waals surface area contributed by atoms with Gasteiger partial charge in [-0.1, -0.05) is 30.3 Å². The monoisotopic (exact) mass is 417 g/mol. The molecule has 0 spiro atoms. The molecule has 0 aliphatic carbocycles. The van der Waals surface area contributed by atoms with Crippen molar-refractivity contribution < 1.29 is 9.90 Å². The Balaban J connectivity index is 1.21. The summed E-state index contributed by atoms with van der Waals surface area (Å²) in [5.41, 5.74) is 2.07. The van der Waals surface area contributed by atoms with E-state index in [9.17, 15) is 9.90 Å². The Morgan fingerprint density at radius 1 is 0.968 bits per heavy atom. The average molecular weight is 418 g/mol. The first-order valence-corrected chi connectivity index (χ1v) is 10.6. The van der Waals surface area contributed by atoms with Gasteiger partial charge >= 0.3 is 0 Å². The Kier molecular flexibility index (Phi) is 6.62. The van der Waals surface area contributed by atoms with Gasteiger partial charge in [-0.25, -0.2) is 0 Å². The lowest BCUT2D eigenvalue weighted by Crippen LogP contribution is -2.41. The molecule has 7 heteroatoms. The lowest BCUT2D eigenvalue weighted by atomic mass is 9.96. The van der Waals surface area contributed by atoms with Gasteiger partial charge in [-0.05, 0) is 61.2 Å². The van der Waals surface area contributed by atoms with Crippen molar-refractivity contribution in [3.63, 3.8) is 0 Å². The van der Waals surface area contributed by atoms with Crippen LogP contribution in [-0.4, -0.2) is 40.8 Å². The first-order valence-electron chi connectivity index (χ1n) is 10.6. The van der Waals surface area contributed by atoms with Gasteiger partial charge in [0.1, 0.15) is 5.75 Å². The normalized spacial score (nSPS) is 14.3. The molecule has 4 rings (SSSR count). The van der Waals surface area contributed by atoms with Crippen molar-refractivity contribution >= 4 is 23.2 Å². The van der Waals surface area contributed by atoms with Crippen molar-refractivity contribution in [2.24, 2.45) is 5.92 Å². The van der Waals surface area contributed by atoms with Crippen molar-refractivity contribution in [3.05, 3.63) is 72.3 Å². The molecule has 31 heavy (non-hydrogen) atoms. The van der Waals surface area contributed by atoms with E-state index in [1.54, 1.807) is 12.1 Å². The number of phenols is 1. The Morgan fingerprint density at radius 2 is 1.71 bits per heavy atom. The molecule has 3 N–H and O–H groups in total. The first-order chi connectivity index (χ1) is 15.2. The highest BCUT2D eigenvalue weighted by Crippen LogP contribution is 2.23. The molecule has 3 aromatic rings. The quantitative estimate of drug-likeness (QED) is 0.545. The third kappa shape index (κ3) is 5.72. The number of para-hydroxylation sites is 1. The van der Waals surface area contributed by atoms with E-state index in [0.29, 0.717) is 12.4 Å². The highest BCUT2D eigenvalue weighted by Gasteiger charge is 2.25. The van der Waals surface area contributed by atoms with Crippen molar-refractivity contribution in [3.8, 4) is 5.75 Å². The molecule has 0 saturated carbocycles. The van der Waals surface area contributed by atoms with Crippen LogP contribution in [0.15, 0.2) is 66.7 Å². The van der Waals surface area contributed by atoms with E-state index in [0.717, 1.165) is 49.4 Å². The van der Waals surface area contributed by atoms with Crippen LogP contribution in [-0.2, 0) is 11.2 Å². The molecule has 2 heterocycles. The summed E-state index contributed by atoms with van der Waals surface area (Å²) in [4.78, 5) is 14.7. The molecule has 2 aromatic carbocycles. The topological polar surface area (TPSA) is 90.4 Å². The van der Waals surface area contributed by atoms with Gasteiger partial charge in [0.2, 0.25) is 5.91 Å². The summed E-state index contributed by atoms with van der Waals surface area (Å²) < 4.78 is 0. The largest absolute Gasteiger partial charge is 0.508 e. The fourth-order valence-electron chi connectivity index (χ4n) is 3.74. The number of benzene rings is 2. The van der Waals surface area contributed by atoms with Crippen LogP contribution in [0, 0.1) is 5.92 Å². The molecule has 1 aromatic heterocycles. The predicted octanol–water partition coefficient (Wildman–Crippen LogP) is 3.50. The molecule has 1 aliphatic heterocycles. The number of nitrogens with zero attached hydrogens (tertiary/aromatic N) is 3. The highest BCUT2D eigenvalue weighted by molar-refractivity contribution is 5.79. The maximum Gasteiger partial charge on any atom is 0.223 e. The van der Waals surface area contributed by atoms with E-state index in [2.05, 4.69) is 25.7 Å². The molecular formula is C24H27N5O2. The number of piperidine rings is 1. The van der Waals surface area contributed by atoms with Gasteiger partial charge in [0.05, 0.1) is 0 Å². The van der Waals surface area contributed by atoms with Crippen LogP contribution >= 0.6 is 0 Å². The van der Waals surface area contributed by atoms with Gasteiger partial charge in [0, 0.05) is 31.2 Å². The predicted molar refractivity (Wildman–Crippen MR) is 122 cm³/mol. The maximum absolute atomic E-state index is 12.5. The fraction of sp³-hybridized carbons (Fsp3) is 0.292. The zero-order valence-electron chi connectivity index (χ0n) is 17.4. The number of nitrogens with one attached hydrogen (secondary N) is 2. The van der Waals surface area contributed by atoms with Crippen LogP contribution < -0.4 is 15.5 Å². The molecule has 160 valence electrons. The van der Waals surface area contributed by atoms with E-state index in [1.807, 2.05) is 54.6 Å². The van der Waals surface area contributed by atoms with Gasteiger partial charge in [0.15, 0.2) is 11.6 Å². The average Bonchev–Trinajstić information content (AvgIpc) is 2.82. The van der Waals surface area contributed by atoms with Crippen molar-refractivity contribution in [2.75, 3.05) is 29.9 Å². The molecule has 1 fully saturated rings. The molecule has 1 amide bonds. The zero-order chi connectivity index (χ0) is 21.5. The van der Waals surface area contributed by atoms with Crippen LogP contribution in [0.3, 0.4) is 0 Å². The van der Waals surface area contributed by atoms with E-state index >= 15 is 0 Å². The third-order valence-corrected chi connectivity index (χ3v) is 5.54. The summed E-state index contributed by atoms with van der Waals surface area (Å²) in [6.45, 7) is 2.18. The Bertz CT molecular complexity index is 969. The number of hydrogen-bond donors (Lipinski definition) is 3. The molecule has 0 bridgehead atoms. The number of hydrogen-bond acceptors (Lipinski definition) is 6. The molecule has 1 saturated heterocycles. The second kappa shape index (κ2) is 9.93. The SMILES string of the molecule is O=C(NCCc1ccc(O)cc1)C1CCN(c2ccc(Nc3ccccc3)nn2)CC1. The van der Waals surface area contributed by atoms with E-state index in [1.165, 1.54) is 0 Å². The minimum atomic E-state index is 0.0306. The van der Waals surface area contributed by atoms with Crippen LogP contribution in [0.5, 0.6) is 5.75 Å². The number of amides is 1. The summed E-state index contributed by atoms with van der Waals surface area (Å²) in [5, 5.41) is 24.2. The first kappa shape index (κ1) is 20.7. The minimum Gasteiger partial charge on any atom is -0.508 e. The third-order valence-electron chi connectivity index (χ3n) is 5.54. The van der Waals surface area contributed by atoms with Crippen molar-refractivity contribution in [2.45, 2.75) is 19.3 Å². The lowest BCUT2D eigenvalue weighted by molar-refractivity contribution is -0.125. The smallest absolute Gasteiger partial charge is 0.223 e. The summed E-state index contributed by atoms with van der Waals surface area (Å²) in [6, 6.07) is 20.9. The number of phenolic OH excluding ortho intramolecular Hbond substituents is 1. The second-order valence-electron chi connectivity index (χ2n) is 7.74. The van der Waals surface area contributed by atoms with Crippen molar-refractivity contribution in [1.29, 1.82) is 0 Å². The molecule has 1 aliphatic rings. The second-order valence-corrected chi connectivity index (χ2v) is 7.74. The van der Waals surface area contributed by atoms with E-state index < -0.39 is 0 Å². The Hall–Kier alpha value is -3.61. The Labute approximate surface area is 182 Å². The number of carbonyl (C=O) groups excluding carboxylic acids is 1. The fourth-order valence-corrected chi connectivity index (χ4v) is 3.74. The molecule has 7 nitrogen and oxygen atoms in total. The van der Waals surface area contributed by atoms with Gasteiger partial charge in [-0.2, -0.15) is 0 Å². The van der Waals surface area contributed by atoms with Crippen LogP contribution in [0.4, 0.5) is 17.3 Å². The van der Waals surface area contributed by atoms with Crippen LogP contribution in [0.1, 0.15) is 18.4 Å². The number of aromatic nitrogens is 2. The minimum absolute atomic E-state index is 0.0306. The van der Waals surface area contributed by atoms with E-state index in [-0.39, 0.29) is 17.6 Å². The van der Waals surface area contributed by atoms with Gasteiger partial charge < -0.3 is 20.6 Å². The van der Waals surface area contributed by atoms with Crippen molar-refractivity contribution in [1.82, 2.24) is 15.5 Å². The molecule has 0 atom stereocenters. The van der Waals surface area contributed by atoms with Gasteiger partial charge in [-0.3, -0.25) is 4.79 Å². The van der Waals surface area contributed by atoms with Crippen LogP contribution in [0.25, 0.3) is 0 Å². The molecular weight excluding hydrogens is 390 g/mol. The maximum atomic E-state index is 12.5. The van der Waals surface area contributed by atoms with E-state index in [4.69, 9.17) is 0 Å². The molecule has 0 unspecified atom stereocenters. The number of carbonyl (C=O) groups is 1.